The van der Waals surface area contributed by atoms with Gasteiger partial charge in [-0.2, -0.15) is 0 Å². The molecule has 0 aliphatic carbocycles. The van der Waals surface area contributed by atoms with Crippen LogP contribution in [-0.4, -0.2) is 23.9 Å². The highest BCUT2D eigenvalue weighted by Crippen LogP contribution is 2.14. The monoisotopic (exact) mass is 238 g/mol. The molecule has 0 aromatic heterocycles. The lowest BCUT2D eigenvalue weighted by Crippen LogP contribution is -2.31. The van der Waals surface area contributed by atoms with Crippen LogP contribution in [0.4, 0.5) is 0 Å². The zero-order valence-electron chi connectivity index (χ0n) is 9.74. The summed E-state index contributed by atoms with van der Waals surface area (Å²) in [4.78, 5) is 14.0. The zero-order valence-corrected chi connectivity index (χ0v) is 10.5. The Labute approximate surface area is 102 Å². The van der Waals surface area contributed by atoms with Gasteiger partial charge in [0.2, 0.25) is 0 Å². The Hall–Kier alpha value is -1.02. The van der Waals surface area contributed by atoms with Gasteiger partial charge in [-0.3, -0.25) is 4.79 Å². The maximum absolute atomic E-state index is 12.2. The van der Waals surface area contributed by atoms with Crippen molar-refractivity contribution in [3.63, 3.8) is 0 Å². The summed E-state index contributed by atoms with van der Waals surface area (Å²) in [5, 5.41) is 0. The third-order valence-electron chi connectivity index (χ3n) is 2.60. The summed E-state index contributed by atoms with van der Waals surface area (Å²) in [6.07, 6.45) is 0.616. The van der Waals surface area contributed by atoms with Gasteiger partial charge in [0.15, 0.2) is 0 Å². The Kier molecular flexibility index (Phi) is 5.33. The highest BCUT2D eigenvalue weighted by atomic mass is 35.5. The molecule has 1 amide bonds. The summed E-state index contributed by atoms with van der Waals surface area (Å²) < 4.78 is 0. The normalized spacial score (nSPS) is 10.2. The van der Waals surface area contributed by atoms with Crippen molar-refractivity contribution in [3.8, 4) is 0 Å². The van der Waals surface area contributed by atoms with Crippen LogP contribution in [0.2, 0.25) is 0 Å². The number of rotatable bonds is 5. The fraction of sp³-hybridized carbons (Fsp3) is 0.385. The summed E-state index contributed by atoms with van der Waals surface area (Å²) in [5.41, 5.74) is 1.73. The molecule has 1 radical (unpaired) electrons. The van der Waals surface area contributed by atoms with Crippen molar-refractivity contribution in [2.75, 3.05) is 13.1 Å². The number of halogens is 1. The van der Waals surface area contributed by atoms with Crippen LogP contribution in [0.5, 0.6) is 0 Å². The van der Waals surface area contributed by atoms with Crippen LogP contribution >= 0.6 is 11.6 Å². The molecule has 87 valence electrons. The molecule has 0 bridgehead atoms. The number of benzene rings is 1. The number of hydrogen-bond donors (Lipinski definition) is 0. The quantitative estimate of drug-likeness (QED) is 0.772. The van der Waals surface area contributed by atoms with Crippen molar-refractivity contribution in [2.45, 2.75) is 20.3 Å². The van der Waals surface area contributed by atoms with Gasteiger partial charge in [0, 0.05) is 18.7 Å². The highest BCUT2D eigenvalue weighted by Gasteiger charge is 2.15. The lowest BCUT2D eigenvalue weighted by molar-refractivity contribution is 0.0772. The lowest BCUT2D eigenvalue weighted by atomic mass is 10.0. The first-order valence-electron chi connectivity index (χ1n) is 5.53. The van der Waals surface area contributed by atoms with Crippen molar-refractivity contribution < 1.29 is 4.79 Å². The van der Waals surface area contributed by atoms with E-state index in [0.717, 1.165) is 24.2 Å². The number of amides is 1. The van der Waals surface area contributed by atoms with Crippen molar-refractivity contribution in [3.05, 3.63) is 41.3 Å². The van der Waals surface area contributed by atoms with Gasteiger partial charge in [0.25, 0.3) is 5.91 Å². The maximum Gasteiger partial charge on any atom is 0.254 e. The minimum atomic E-state index is 0.0825. The van der Waals surface area contributed by atoms with E-state index in [0.29, 0.717) is 6.42 Å². The Balaban J connectivity index is 2.97. The van der Waals surface area contributed by atoms with Gasteiger partial charge < -0.3 is 4.90 Å². The molecule has 0 aliphatic rings. The number of hydrogen-bond acceptors (Lipinski definition) is 1. The molecule has 1 aromatic carbocycles. The van der Waals surface area contributed by atoms with Gasteiger partial charge in [-0.05, 0) is 31.9 Å². The molecule has 0 N–H and O–H groups in total. The molecule has 0 saturated carbocycles. The second kappa shape index (κ2) is 6.54. The third-order valence-corrected chi connectivity index (χ3v) is 2.75. The largest absolute Gasteiger partial charge is 0.339 e. The number of carbonyl (C=O) groups is 1. The van der Waals surface area contributed by atoms with Gasteiger partial charge in [-0.25, -0.2) is 0 Å². The highest BCUT2D eigenvalue weighted by molar-refractivity contribution is 6.23. The Morgan fingerprint density at radius 1 is 1.31 bits per heavy atom. The van der Waals surface area contributed by atoms with Gasteiger partial charge in [0.05, 0.1) is 5.88 Å². The van der Waals surface area contributed by atoms with Crippen LogP contribution in [0.25, 0.3) is 0 Å². The molecule has 2 nitrogen and oxygen atoms in total. The van der Waals surface area contributed by atoms with Gasteiger partial charge in [-0.15, -0.1) is 11.6 Å². The Morgan fingerprint density at radius 2 is 1.94 bits per heavy atom. The van der Waals surface area contributed by atoms with Crippen LogP contribution < -0.4 is 0 Å². The van der Waals surface area contributed by atoms with Gasteiger partial charge in [-0.1, -0.05) is 18.2 Å². The van der Waals surface area contributed by atoms with Crippen molar-refractivity contribution in [1.82, 2.24) is 4.90 Å². The minimum Gasteiger partial charge on any atom is -0.339 e. The van der Waals surface area contributed by atoms with Gasteiger partial charge >= 0.3 is 0 Å². The predicted octanol–water partition coefficient (Wildman–Crippen LogP) is 3.11. The van der Waals surface area contributed by atoms with Crippen LogP contribution in [0.15, 0.2) is 24.3 Å². The summed E-state index contributed by atoms with van der Waals surface area (Å²) in [6.45, 7) is 5.43. The average molecular weight is 239 g/mol. The fourth-order valence-corrected chi connectivity index (χ4v) is 1.84. The van der Waals surface area contributed by atoms with E-state index in [4.69, 9.17) is 11.6 Å². The predicted molar refractivity (Wildman–Crippen MR) is 67.6 cm³/mol. The smallest absolute Gasteiger partial charge is 0.254 e. The van der Waals surface area contributed by atoms with E-state index in [1.54, 1.807) is 5.88 Å². The molecule has 0 saturated heterocycles. The first-order chi connectivity index (χ1) is 7.74. The molecule has 0 spiro atoms. The van der Waals surface area contributed by atoms with E-state index in [-0.39, 0.29) is 5.91 Å². The standard InChI is InChI=1S/C13H17ClNO/c1-3-15(4-2)13(16)12-8-6-5-7-11(12)9-10-14/h5-8,10H,3-4,9H2,1-2H3. The molecule has 0 aliphatic heterocycles. The summed E-state index contributed by atoms with van der Waals surface area (Å²) in [7, 11) is 0. The van der Waals surface area contributed by atoms with Crippen LogP contribution in [0, 0.1) is 5.88 Å². The van der Waals surface area contributed by atoms with Crippen LogP contribution in [-0.2, 0) is 6.42 Å². The molecule has 16 heavy (non-hydrogen) atoms. The topological polar surface area (TPSA) is 20.3 Å². The molecule has 0 heterocycles. The molecule has 1 aromatic rings. The first-order valence-corrected chi connectivity index (χ1v) is 5.97. The summed E-state index contributed by atoms with van der Waals surface area (Å²) in [5.74, 6) is 1.63. The van der Waals surface area contributed by atoms with E-state index in [1.807, 2.05) is 43.0 Å². The summed E-state index contributed by atoms with van der Waals surface area (Å²) >= 11 is 5.61. The van der Waals surface area contributed by atoms with Crippen LogP contribution in [0.1, 0.15) is 29.8 Å². The number of nitrogens with zero attached hydrogens (tertiary/aromatic N) is 1. The molecule has 1 rings (SSSR count). The minimum absolute atomic E-state index is 0.0825. The molecule has 0 unspecified atom stereocenters. The first kappa shape index (κ1) is 13.0. The van der Waals surface area contributed by atoms with E-state index >= 15 is 0 Å². The van der Waals surface area contributed by atoms with E-state index in [9.17, 15) is 4.79 Å². The third kappa shape index (κ3) is 2.99. The van der Waals surface area contributed by atoms with Crippen LogP contribution in [0.3, 0.4) is 0 Å². The molecule has 0 fully saturated rings. The second-order valence-electron chi connectivity index (χ2n) is 3.49. The molecular weight excluding hydrogens is 222 g/mol. The fourth-order valence-electron chi connectivity index (χ4n) is 1.67. The lowest BCUT2D eigenvalue weighted by Gasteiger charge is -2.20. The van der Waals surface area contributed by atoms with E-state index in [1.165, 1.54) is 0 Å². The van der Waals surface area contributed by atoms with E-state index < -0.39 is 0 Å². The van der Waals surface area contributed by atoms with E-state index in [2.05, 4.69) is 0 Å². The Bertz CT molecular complexity index is 348. The van der Waals surface area contributed by atoms with Crippen molar-refractivity contribution in [1.29, 1.82) is 0 Å². The zero-order chi connectivity index (χ0) is 12.0. The number of carbonyl (C=O) groups excluding carboxylic acids is 1. The van der Waals surface area contributed by atoms with Crippen molar-refractivity contribution >= 4 is 17.5 Å². The molecular formula is C13H17ClNO. The van der Waals surface area contributed by atoms with Crippen molar-refractivity contribution in [2.24, 2.45) is 0 Å². The molecule has 3 heteroatoms. The molecule has 0 atom stereocenters. The second-order valence-corrected chi connectivity index (χ2v) is 3.80. The average Bonchev–Trinajstić information content (AvgIpc) is 2.31. The maximum atomic E-state index is 12.2. The van der Waals surface area contributed by atoms with Gasteiger partial charge in [0.1, 0.15) is 0 Å². The summed E-state index contributed by atoms with van der Waals surface area (Å²) in [6, 6.07) is 7.61. The Morgan fingerprint density at radius 3 is 2.50 bits per heavy atom. The SMILES string of the molecule is CCN(CC)C(=O)c1ccccc1C[CH]Cl.